The summed E-state index contributed by atoms with van der Waals surface area (Å²) in [6, 6.07) is 6.85. The van der Waals surface area contributed by atoms with E-state index < -0.39 is 5.97 Å². The van der Waals surface area contributed by atoms with Crippen LogP contribution in [0.5, 0.6) is 11.5 Å². The van der Waals surface area contributed by atoms with Gasteiger partial charge < -0.3 is 14.2 Å². The van der Waals surface area contributed by atoms with Crippen molar-refractivity contribution < 1.29 is 19.0 Å². The third-order valence-electron chi connectivity index (χ3n) is 2.27. The maximum absolute atomic E-state index is 11.3. The molecule has 1 rings (SSSR count). The third-order valence-corrected chi connectivity index (χ3v) is 2.27. The van der Waals surface area contributed by atoms with E-state index >= 15 is 0 Å². The molecule has 0 aliphatic rings. The van der Waals surface area contributed by atoms with Crippen LogP contribution in [0.3, 0.4) is 0 Å². The molecular weight excluding hydrogens is 234 g/mol. The van der Waals surface area contributed by atoms with Crippen LogP contribution in [0.2, 0.25) is 0 Å². The zero-order valence-corrected chi connectivity index (χ0v) is 10.4. The second kappa shape index (κ2) is 6.30. The second-order valence-corrected chi connectivity index (χ2v) is 3.27. The maximum Gasteiger partial charge on any atom is 0.348 e. The Morgan fingerprint density at radius 1 is 1.28 bits per heavy atom. The molecule has 5 nitrogen and oxygen atoms in total. The lowest BCUT2D eigenvalue weighted by Gasteiger charge is -2.07. The molecule has 0 unspecified atom stereocenters. The highest BCUT2D eigenvalue weighted by atomic mass is 16.5. The summed E-state index contributed by atoms with van der Waals surface area (Å²) in [4.78, 5) is 11.3. The molecule has 5 heteroatoms. The molecule has 0 aromatic heterocycles. The predicted octanol–water partition coefficient (Wildman–Crippen LogP) is 1.78. The minimum atomic E-state index is -0.685. The third kappa shape index (κ3) is 3.01. The average Bonchev–Trinajstić information content (AvgIpc) is 2.43. The lowest BCUT2D eigenvalue weighted by atomic mass is 10.1. The second-order valence-electron chi connectivity index (χ2n) is 3.27. The molecule has 0 spiro atoms. The van der Waals surface area contributed by atoms with E-state index in [0.717, 1.165) is 0 Å². The Morgan fingerprint density at radius 3 is 2.50 bits per heavy atom. The Morgan fingerprint density at radius 2 is 2.00 bits per heavy atom. The first-order chi connectivity index (χ1) is 8.65. The van der Waals surface area contributed by atoms with Crippen molar-refractivity contribution in [2.24, 2.45) is 0 Å². The van der Waals surface area contributed by atoms with Crippen molar-refractivity contribution in [2.75, 3.05) is 21.3 Å². The number of esters is 1. The number of hydrogen-bond acceptors (Lipinski definition) is 5. The van der Waals surface area contributed by atoms with E-state index in [9.17, 15) is 4.79 Å². The first-order valence-corrected chi connectivity index (χ1v) is 5.08. The van der Waals surface area contributed by atoms with E-state index in [-0.39, 0.29) is 5.57 Å². The molecule has 18 heavy (non-hydrogen) atoms. The van der Waals surface area contributed by atoms with Gasteiger partial charge in [-0.15, -0.1) is 0 Å². The van der Waals surface area contributed by atoms with Gasteiger partial charge in [-0.3, -0.25) is 0 Å². The number of benzene rings is 1. The summed E-state index contributed by atoms with van der Waals surface area (Å²) in [6.45, 7) is 0. The van der Waals surface area contributed by atoms with Crippen LogP contribution in [-0.4, -0.2) is 27.3 Å². The van der Waals surface area contributed by atoms with Gasteiger partial charge in [0.1, 0.15) is 23.1 Å². The summed E-state index contributed by atoms with van der Waals surface area (Å²) in [5.41, 5.74) is 0.501. The van der Waals surface area contributed by atoms with E-state index in [4.69, 9.17) is 14.7 Å². The molecule has 0 bridgehead atoms. The van der Waals surface area contributed by atoms with Gasteiger partial charge >= 0.3 is 5.97 Å². The number of nitriles is 1. The van der Waals surface area contributed by atoms with Gasteiger partial charge in [0.15, 0.2) is 0 Å². The van der Waals surface area contributed by atoms with Gasteiger partial charge in [0.25, 0.3) is 0 Å². The molecule has 0 fully saturated rings. The topological polar surface area (TPSA) is 68.6 Å². The van der Waals surface area contributed by atoms with Gasteiger partial charge in [-0.05, 0) is 18.2 Å². The van der Waals surface area contributed by atoms with Crippen molar-refractivity contribution in [1.29, 1.82) is 5.26 Å². The van der Waals surface area contributed by atoms with Crippen LogP contribution >= 0.6 is 0 Å². The van der Waals surface area contributed by atoms with E-state index in [0.29, 0.717) is 17.1 Å². The van der Waals surface area contributed by atoms with Gasteiger partial charge in [-0.1, -0.05) is 0 Å². The molecule has 0 amide bonds. The molecule has 0 heterocycles. The Balaban J connectivity index is 3.21. The average molecular weight is 247 g/mol. The fraction of sp³-hybridized carbons (Fsp3) is 0.231. The van der Waals surface area contributed by atoms with Gasteiger partial charge in [0.2, 0.25) is 0 Å². The summed E-state index contributed by atoms with van der Waals surface area (Å²) in [7, 11) is 4.26. The number of methoxy groups -OCH3 is 3. The molecular formula is C13H13NO4. The van der Waals surface area contributed by atoms with Crippen molar-refractivity contribution >= 4 is 12.0 Å². The minimum Gasteiger partial charge on any atom is -0.497 e. The molecule has 0 saturated heterocycles. The molecule has 1 aromatic rings. The normalized spacial score (nSPS) is 10.4. The summed E-state index contributed by atoms with van der Waals surface area (Å²) in [6.07, 6.45) is 1.41. The summed E-state index contributed by atoms with van der Waals surface area (Å²) < 4.78 is 14.7. The molecule has 0 saturated carbocycles. The van der Waals surface area contributed by atoms with Crippen molar-refractivity contribution in [3.63, 3.8) is 0 Å². The van der Waals surface area contributed by atoms with Crippen LogP contribution in [0.25, 0.3) is 6.08 Å². The van der Waals surface area contributed by atoms with Crippen molar-refractivity contribution in [1.82, 2.24) is 0 Å². The maximum atomic E-state index is 11.3. The lowest BCUT2D eigenvalue weighted by Crippen LogP contribution is -2.02. The molecule has 0 N–H and O–H groups in total. The zero-order chi connectivity index (χ0) is 13.5. The monoisotopic (exact) mass is 247 g/mol. The highest BCUT2D eigenvalue weighted by Gasteiger charge is 2.11. The zero-order valence-electron chi connectivity index (χ0n) is 10.4. The fourth-order valence-corrected chi connectivity index (χ4v) is 1.34. The predicted molar refractivity (Wildman–Crippen MR) is 65.2 cm³/mol. The number of rotatable bonds is 4. The number of ether oxygens (including phenoxy) is 3. The van der Waals surface area contributed by atoms with Crippen LogP contribution in [-0.2, 0) is 9.53 Å². The highest BCUT2D eigenvalue weighted by Crippen LogP contribution is 2.26. The summed E-state index contributed by atoms with van der Waals surface area (Å²) in [5, 5.41) is 8.87. The van der Waals surface area contributed by atoms with Crippen LogP contribution in [0.1, 0.15) is 5.56 Å². The Kier molecular flexibility index (Phi) is 4.76. The standard InChI is InChI=1S/C13H13NO4/c1-16-11-5-4-9(12(7-11)17-2)6-10(8-14)13(15)18-3/h4-7H,1-3H3/b10-6+. The largest absolute Gasteiger partial charge is 0.497 e. The molecule has 0 radical (unpaired) electrons. The van der Waals surface area contributed by atoms with Gasteiger partial charge in [0, 0.05) is 11.6 Å². The van der Waals surface area contributed by atoms with E-state index in [2.05, 4.69) is 4.74 Å². The Labute approximate surface area is 105 Å². The van der Waals surface area contributed by atoms with Gasteiger partial charge in [0.05, 0.1) is 21.3 Å². The summed E-state index contributed by atoms with van der Waals surface area (Å²) >= 11 is 0. The van der Waals surface area contributed by atoms with Crippen LogP contribution < -0.4 is 9.47 Å². The molecule has 0 aliphatic heterocycles. The van der Waals surface area contributed by atoms with Crippen molar-refractivity contribution in [2.45, 2.75) is 0 Å². The highest BCUT2D eigenvalue weighted by molar-refractivity contribution is 5.98. The minimum absolute atomic E-state index is 0.0963. The Hall–Kier alpha value is -2.48. The van der Waals surface area contributed by atoms with Crippen LogP contribution in [0, 0.1) is 11.3 Å². The number of carbonyl (C=O) groups excluding carboxylic acids is 1. The van der Waals surface area contributed by atoms with E-state index in [1.807, 2.05) is 0 Å². The van der Waals surface area contributed by atoms with E-state index in [1.165, 1.54) is 20.3 Å². The first-order valence-electron chi connectivity index (χ1n) is 5.08. The fourth-order valence-electron chi connectivity index (χ4n) is 1.34. The molecule has 0 atom stereocenters. The van der Waals surface area contributed by atoms with Crippen molar-refractivity contribution in [3.8, 4) is 17.6 Å². The van der Waals surface area contributed by atoms with Gasteiger partial charge in [-0.2, -0.15) is 5.26 Å². The van der Waals surface area contributed by atoms with Crippen molar-refractivity contribution in [3.05, 3.63) is 29.3 Å². The quantitative estimate of drug-likeness (QED) is 0.461. The molecule has 0 aliphatic carbocycles. The smallest absolute Gasteiger partial charge is 0.348 e. The number of carbonyl (C=O) groups is 1. The first kappa shape index (κ1) is 13.6. The number of nitrogens with zero attached hydrogens (tertiary/aromatic N) is 1. The van der Waals surface area contributed by atoms with E-state index in [1.54, 1.807) is 31.4 Å². The Bertz CT molecular complexity index is 514. The number of hydrogen-bond donors (Lipinski definition) is 0. The van der Waals surface area contributed by atoms with Crippen LogP contribution in [0.4, 0.5) is 0 Å². The molecule has 1 aromatic carbocycles. The summed E-state index contributed by atoms with van der Waals surface area (Å²) in [5.74, 6) is 0.446. The molecule has 94 valence electrons. The lowest BCUT2D eigenvalue weighted by molar-refractivity contribution is -0.135. The van der Waals surface area contributed by atoms with Crippen LogP contribution in [0.15, 0.2) is 23.8 Å². The van der Waals surface area contributed by atoms with Gasteiger partial charge in [-0.25, -0.2) is 4.79 Å². The SMILES string of the molecule is COC(=O)/C(C#N)=C/c1ccc(OC)cc1OC.